The van der Waals surface area contributed by atoms with Gasteiger partial charge in [-0.25, -0.2) is 15.0 Å². The van der Waals surface area contributed by atoms with Crippen LogP contribution in [0.2, 0.25) is 0 Å². The van der Waals surface area contributed by atoms with Gasteiger partial charge in [0.1, 0.15) is 22.3 Å². The van der Waals surface area contributed by atoms with Gasteiger partial charge in [0.2, 0.25) is 0 Å². The van der Waals surface area contributed by atoms with Crippen LogP contribution in [0, 0.1) is 0 Å². The van der Waals surface area contributed by atoms with E-state index in [-0.39, 0.29) is 0 Å². The van der Waals surface area contributed by atoms with Crippen molar-refractivity contribution in [2.45, 2.75) is 0 Å². The van der Waals surface area contributed by atoms with E-state index >= 15 is 0 Å². The maximum Gasteiger partial charge on any atom is 0.167 e. The van der Waals surface area contributed by atoms with Gasteiger partial charge in [0.05, 0.1) is 16.6 Å². The summed E-state index contributed by atoms with van der Waals surface area (Å²) in [6, 6.07) is 58.5. The lowest BCUT2D eigenvalue weighted by Crippen LogP contribution is -2.00. The van der Waals surface area contributed by atoms with E-state index in [1.165, 1.54) is 10.8 Å². The van der Waals surface area contributed by atoms with Crippen molar-refractivity contribution in [3.8, 4) is 39.9 Å². The van der Waals surface area contributed by atoms with Crippen molar-refractivity contribution < 1.29 is 8.83 Å². The molecule has 0 aliphatic heterocycles. The largest absolute Gasteiger partial charge is 0.455 e. The SMILES string of the molecule is c1ccc(-c2nc(-c3cc4c5ccc(-n6c7ccccc7c7ccccc76)cc5oc4c4ccccc34)nc(-c3cccc4c3oc3ccccc34)n2)cc1. The topological polar surface area (TPSA) is 69.9 Å². The minimum absolute atomic E-state index is 0.547. The summed E-state index contributed by atoms with van der Waals surface area (Å²) in [6.07, 6.45) is 0. The Hall–Kier alpha value is -7.57. The molecule has 0 spiro atoms. The third-order valence-electron chi connectivity index (χ3n) is 10.9. The Kier molecular flexibility index (Phi) is 6.24. The van der Waals surface area contributed by atoms with Gasteiger partial charge in [0, 0.05) is 60.6 Å². The van der Waals surface area contributed by atoms with Crippen molar-refractivity contribution in [3.63, 3.8) is 0 Å². The molecule has 0 unspecified atom stereocenters. The number of hydrogen-bond donors (Lipinski definition) is 0. The van der Waals surface area contributed by atoms with E-state index in [1.54, 1.807) is 0 Å². The predicted octanol–water partition coefficient (Wildman–Crippen LogP) is 12.9. The Morgan fingerprint density at radius 1 is 0.345 bits per heavy atom. The highest BCUT2D eigenvalue weighted by Crippen LogP contribution is 2.42. The number of aromatic nitrogens is 4. The molecule has 12 rings (SSSR count). The number of fused-ring (bicyclic) bond motifs is 11. The maximum absolute atomic E-state index is 6.80. The van der Waals surface area contributed by atoms with Crippen molar-refractivity contribution in [2.75, 3.05) is 0 Å². The van der Waals surface area contributed by atoms with Gasteiger partial charge < -0.3 is 13.4 Å². The van der Waals surface area contributed by atoms with Crippen LogP contribution < -0.4 is 0 Å². The molecule has 55 heavy (non-hydrogen) atoms. The summed E-state index contributed by atoms with van der Waals surface area (Å²) in [6.45, 7) is 0. The van der Waals surface area contributed by atoms with E-state index in [9.17, 15) is 0 Å². The van der Waals surface area contributed by atoms with Gasteiger partial charge in [0.15, 0.2) is 17.5 Å². The third-order valence-corrected chi connectivity index (χ3v) is 10.9. The van der Waals surface area contributed by atoms with E-state index in [1.807, 2.05) is 60.7 Å². The van der Waals surface area contributed by atoms with Gasteiger partial charge in [-0.3, -0.25) is 0 Å². The molecule has 0 saturated carbocycles. The van der Waals surface area contributed by atoms with Crippen molar-refractivity contribution in [1.82, 2.24) is 19.5 Å². The van der Waals surface area contributed by atoms with Crippen molar-refractivity contribution in [1.29, 1.82) is 0 Å². The highest BCUT2D eigenvalue weighted by atomic mass is 16.3. The van der Waals surface area contributed by atoms with Gasteiger partial charge in [0.25, 0.3) is 0 Å². The molecule has 12 aromatic rings. The fourth-order valence-electron chi connectivity index (χ4n) is 8.37. The second-order valence-corrected chi connectivity index (χ2v) is 14.0. The van der Waals surface area contributed by atoms with Gasteiger partial charge in [-0.15, -0.1) is 0 Å². The fraction of sp³-hybridized carbons (Fsp3) is 0. The molecule has 0 atom stereocenters. The zero-order valence-electron chi connectivity index (χ0n) is 29.3. The normalized spacial score (nSPS) is 12.0. The summed E-state index contributed by atoms with van der Waals surface area (Å²) in [5.41, 5.74) is 9.19. The Bertz CT molecular complexity index is 3450. The first-order valence-corrected chi connectivity index (χ1v) is 18.4. The minimum atomic E-state index is 0.547. The number of benzene rings is 8. The highest BCUT2D eigenvalue weighted by Gasteiger charge is 2.21. The lowest BCUT2D eigenvalue weighted by Gasteiger charge is -2.11. The van der Waals surface area contributed by atoms with E-state index < -0.39 is 0 Å². The number of para-hydroxylation sites is 4. The van der Waals surface area contributed by atoms with Gasteiger partial charge in [-0.2, -0.15) is 0 Å². The molecular weight excluding hydrogens is 677 g/mol. The second-order valence-electron chi connectivity index (χ2n) is 14.0. The molecule has 0 N–H and O–H groups in total. The molecule has 0 amide bonds. The van der Waals surface area contributed by atoms with E-state index in [0.29, 0.717) is 17.5 Å². The molecule has 0 aliphatic carbocycles. The summed E-state index contributed by atoms with van der Waals surface area (Å²) in [7, 11) is 0. The van der Waals surface area contributed by atoms with E-state index in [4.69, 9.17) is 23.8 Å². The number of hydrogen-bond acceptors (Lipinski definition) is 5. The zero-order chi connectivity index (χ0) is 36.0. The third kappa shape index (κ3) is 4.46. The van der Waals surface area contributed by atoms with Crippen molar-refractivity contribution in [3.05, 3.63) is 170 Å². The average molecular weight is 705 g/mol. The smallest absolute Gasteiger partial charge is 0.167 e. The van der Waals surface area contributed by atoms with Crippen LogP contribution in [-0.4, -0.2) is 19.5 Å². The Balaban J connectivity index is 1.10. The zero-order valence-corrected chi connectivity index (χ0v) is 29.3. The first-order chi connectivity index (χ1) is 27.3. The van der Waals surface area contributed by atoms with Crippen molar-refractivity contribution >= 4 is 76.5 Å². The molecule has 0 saturated heterocycles. The Morgan fingerprint density at radius 3 is 1.69 bits per heavy atom. The van der Waals surface area contributed by atoms with Crippen LogP contribution in [0.5, 0.6) is 0 Å². The van der Waals surface area contributed by atoms with E-state index in [2.05, 4.69) is 114 Å². The van der Waals surface area contributed by atoms with Crippen LogP contribution >= 0.6 is 0 Å². The first kappa shape index (κ1) is 29.9. The summed E-state index contributed by atoms with van der Waals surface area (Å²) >= 11 is 0. The molecule has 256 valence electrons. The van der Waals surface area contributed by atoms with Gasteiger partial charge in [-0.05, 0) is 47.9 Å². The van der Waals surface area contributed by atoms with Crippen LogP contribution in [0.15, 0.2) is 179 Å². The predicted molar refractivity (Wildman–Crippen MR) is 223 cm³/mol. The molecule has 8 aromatic carbocycles. The average Bonchev–Trinajstić information content (AvgIpc) is 3.93. The quantitative estimate of drug-likeness (QED) is 0.182. The van der Waals surface area contributed by atoms with Gasteiger partial charge in [-0.1, -0.05) is 121 Å². The van der Waals surface area contributed by atoms with Crippen LogP contribution in [0.1, 0.15) is 0 Å². The fourth-order valence-corrected chi connectivity index (χ4v) is 8.37. The standard InChI is InChI=1S/C49H28N4O2/c1-2-13-29(14-3-1)47-50-48(38-21-12-20-37-34-18-8-11-24-43(34)54-45(37)38)52-49(51-47)40-28-39-35-26-25-30(27-44(35)55-46(39)36-19-5-4-15-31(36)40)53-41-22-9-6-16-32(41)33-17-7-10-23-42(33)53/h1-28H. The summed E-state index contributed by atoms with van der Waals surface area (Å²) in [4.78, 5) is 15.5. The number of rotatable bonds is 4. The lowest BCUT2D eigenvalue weighted by molar-refractivity contribution is 0.669. The molecule has 0 bridgehead atoms. The Morgan fingerprint density at radius 2 is 0.909 bits per heavy atom. The molecule has 0 radical (unpaired) electrons. The Labute approximate surface area is 313 Å². The number of nitrogens with zero attached hydrogens (tertiary/aromatic N) is 4. The van der Waals surface area contributed by atoms with Crippen LogP contribution in [0.3, 0.4) is 0 Å². The summed E-state index contributed by atoms with van der Waals surface area (Å²) < 4.78 is 15.6. The van der Waals surface area contributed by atoms with E-state index in [0.717, 1.165) is 88.1 Å². The second kappa shape index (κ2) is 11.5. The monoisotopic (exact) mass is 704 g/mol. The molecule has 0 fully saturated rings. The maximum atomic E-state index is 6.80. The van der Waals surface area contributed by atoms with Gasteiger partial charge >= 0.3 is 0 Å². The highest BCUT2D eigenvalue weighted by molar-refractivity contribution is 6.19. The van der Waals surface area contributed by atoms with Crippen molar-refractivity contribution in [2.24, 2.45) is 0 Å². The first-order valence-electron chi connectivity index (χ1n) is 18.4. The van der Waals surface area contributed by atoms with Crippen LogP contribution in [-0.2, 0) is 0 Å². The molecule has 6 heteroatoms. The molecule has 4 aromatic heterocycles. The summed E-state index contributed by atoms with van der Waals surface area (Å²) in [5.74, 6) is 1.71. The number of furan rings is 2. The summed E-state index contributed by atoms with van der Waals surface area (Å²) in [5, 5.41) is 8.54. The van der Waals surface area contributed by atoms with Crippen LogP contribution in [0.4, 0.5) is 0 Å². The molecular formula is C49H28N4O2. The molecule has 0 aliphatic rings. The molecule has 4 heterocycles. The lowest BCUT2D eigenvalue weighted by atomic mass is 9.99. The minimum Gasteiger partial charge on any atom is -0.455 e. The van der Waals surface area contributed by atoms with Crippen LogP contribution in [0.25, 0.3) is 116 Å². The molecule has 6 nitrogen and oxygen atoms in total.